The van der Waals surface area contributed by atoms with Crippen LogP contribution in [0, 0.1) is 5.92 Å². The van der Waals surface area contributed by atoms with Gasteiger partial charge in [-0.3, -0.25) is 0 Å². The van der Waals surface area contributed by atoms with Crippen LogP contribution in [0.2, 0.25) is 0 Å². The van der Waals surface area contributed by atoms with Crippen molar-refractivity contribution in [2.45, 2.75) is 25.8 Å². The van der Waals surface area contributed by atoms with Gasteiger partial charge in [0.2, 0.25) is 0 Å². The molecule has 1 fully saturated rings. The lowest BCUT2D eigenvalue weighted by Crippen LogP contribution is -2.31. The van der Waals surface area contributed by atoms with Crippen molar-refractivity contribution in [3.8, 4) is 11.5 Å². The van der Waals surface area contributed by atoms with Crippen LogP contribution in [0.4, 0.5) is 0 Å². The van der Waals surface area contributed by atoms with Gasteiger partial charge in [0, 0.05) is 12.1 Å². The number of H-pyrrole nitrogens is 1. The van der Waals surface area contributed by atoms with Gasteiger partial charge in [-0.15, -0.1) is 0 Å². The molecule has 1 saturated heterocycles. The van der Waals surface area contributed by atoms with E-state index in [4.69, 9.17) is 14.5 Å². The first-order chi connectivity index (χ1) is 9.79. The third-order valence-corrected chi connectivity index (χ3v) is 4.16. The fourth-order valence-corrected chi connectivity index (χ4v) is 3.05. The molecule has 3 heterocycles. The van der Waals surface area contributed by atoms with Crippen LogP contribution in [0.3, 0.4) is 0 Å². The highest BCUT2D eigenvalue weighted by Crippen LogP contribution is 2.35. The van der Waals surface area contributed by atoms with E-state index in [9.17, 15) is 0 Å². The van der Waals surface area contributed by atoms with Crippen molar-refractivity contribution in [3.63, 3.8) is 0 Å². The largest absolute Gasteiger partial charge is 0.486 e. The summed E-state index contributed by atoms with van der Waals surface area (Å²) in [6, 6.07) is 4.29. The van der Waals surface area contributed by atoms with Gasteiger partial charge in [-0.2, -0.15) is 0 Å². The summed E-state index contributed by atoms with van der Waals surface area (Å²) in [5.74, 6) is 3.37. The molecule has 5 heteroatoms. The highest BCUT2D eigenvalue weighted by atomic mass is 16.6. The van der Waals surface area contributed by atoms with Crippen LogP contribution in [0.15, 0.2) is 12.1 Å². The molecule has 5 nitrogen and oxygen atoms in total. The number of hydrogen-bond donors (Lipinski definition) is 2. The van der Waals surface area contributed by atoms with Crippen molar-refractivity contribution in [1.29, 1.82) is 0 Å². The van der Waals surface area contributed by atoms with Crippen molar-refractivity contribution in [2.24, 2.45) is 5.92 Å². The van der Waals surface area contributed by atoms with Gasteiger partial charge in [-0.25, -0.2) is 4.98 Å². The van der Waals surface area contributed by atoms with Gasteiger partial charge in [0.15, 0.2) is 11.5 Å². The monoisotopic (exact) mass is 273 g/mol. The van der Waals surface area contributed by atoms with Crippen LogP contribution in [0.25, 0.3) is 11.0 Å². The summed E-state index contributed by atoms with van der Waals surface area (Å²) in [6.45, 7) is 4.58. The maximum absolute atomic E-state index is 5.61. The van der Waals surface area contributed by atoms with E-state index in [2.05, 4.69) is 17.2 Å². The third kappa shape index (κ3) is 2.02. The molecule has 4 rings (SSSR count). The predicted octanol–water partition coefficient (Wildman–Crippen LogP) is 2.39. The van der Waals surface area contributed by atoms with E-state index in [-0.39, 0.29) is 0 Å². The van der Waals surface area contributed by atoms with Gasteiger partial charge in [-0.1, -0.05) is 6.92 Å². The fourth-order valence-electron chi connectivity index (χ4n) is 3.05. The molecule has 2 aliphatic rings. The minimum absolute atomic E-state index is 0.324. The third-order valence-electron chi connectivity index (χ3n) is 4.16. The molecule has 106 valence electrons. The Morgan fingerprint density at radius 3 is 2.80 bits per heavy atom. The van der Waals surface area contributed by atoms with Crippen LogP contribution in [0.1, 0.15) is 31.6 Å². The predicted molar refractivity (Wildman–Crippen MR) is 76.2 cm³/mol. The maximum atomic E-state index is 5.61. The van der Waals surface area contributed by atoms with E-state index in [0.717, 1.165) is 47.2 Å². The molecule has 0 spiro atoms. The Hall–Kier alpha value is -1.75. The van der Waals surface area contributed by atoms with Crippen molar-refractivity contribution < 1.29 is 9.47 Å². The molecule has 20 heavy (non-hydrogen) atoms. The van der Waals surface area contributed by atoms with Crippen LogP contribution < -0.4 is 14.8 Å². The Morgan fingerprint density at radius 2 is 2.00 bits per heavy atom. The van der Waals surface area contributed by atoms with Gasteiger partial charge in [-0.05, 0) is 25.3 Å². The van der Waals surface area contributed by atoms with E-state index in [1.165, 1.54) is 6.42 Å². The first-order valence-electron chi connectivity index (χ1n) is 7.32. The summed E-state index contributed by atoms with van der Waals surface area (Å²) in [5.41, 5.74) is 1.97. The number of benzene rings is 1. The molecular weight excluding hydrogens is 254 g/mol. The number of piperidine rings is 1. The fraction of sp³-hybridized carbons (Fsp3) is 0.533. The zero-order chi connectivity index (χ0) is 13.5. The highest BCUT2D eigenvalue weighted by molar-refractivity contribution is 5.80. The number of nitrogens with one attached hydrogen (secondary N) is 2. The lowest BCUT2D eigenvalue weighted by atomic mass is 9.94. The zero-order valence-electron chi connectivity index (χ0n) is 11.6. The molecule has 0 bridgehead atoms. The summed E-state index contributed by atoms with van der Waals surface area (Å²) in [5, 5.41) is 3.54. The molecule has 0 radical (unpaired) electrons. The van der Waals surface area contributed by atoms with Crippen molar-refractivity contribution >= 4 is 11.0 Å². The average Bonchev–Trinajstić information content (AvgIpc) is 2.87. The summed E-state index contributed by atoms with van der Waals surface area (Å²) in [7, 11) is 0. The summed E-state index contributed by atoms with van der Waals surface area (Å²) in [6.07, 6.45) is 2.37. The average molecular weight is 273 g/mol. The Balaban J connectivity index is 1.71. The summed E-state index contributed by atoms with van der Waals surface area (Å²) in [4.78, 5) is 8.15. The molecule has 0 saturated carbocycles. The molecule has 2 unspecified atom stereocenters. The number of rotatable bonds is 1. The number of aromatic amines is 1. The lowest BCUT2D eigenvalue weighted by molar-refractivity contribution is 0.172. The van der Waals surface area contributed by atoms with Crippen molar-refractivity contribution in [1.82, 2.24) is 15.3 Å². The Bertz CT molecular complexity index is 594. The molecule has 2 aromatic rings. The number of fused-ring (bicyclic) bond motifs is 2. The molecule has 0 amide bonds. The highest BCUT2D eigenvalue weighted by Gasteiger charge is 2.23. The summed E-state index contributed by atoms with van der Waals surface area (Å²) < 4.78 is 11.2. The second kappa shape index (κ2) is 4.66. The molecule has 2 atom stereocenters. The molecular formula is C15H19N3O2. The second-order valence-electron chi connectivity index (χ2n) is 5.77. The van der Waals surface area contributed by atoms with Gasteiger partial charge in [0.1, 0.15) is 19.0 Å². The lowest BCUT2D eigenvalue weighted by Gasteiger charge is -2.26. The van der Waals surface area contributed by atoms with Crippen LogP contribution in [-0.4, -0.2) is 29.7 Å². The number of imidazole rings is 1. The molecule has 1 aromatic carbocycles. The van der Waals surface area contributed by atoms with Gasteiger partial charge in [0.25, 0.3) is 0 Å². The standard InChI is InChI=1S/C15H19N3O2/c1-9-2-3-16-12(6-9)15-17-10-7-13-14(8-11(10)18-15)20-5-4-19-13/h7-9,12,16H,2-6H2,1H3,(H,17,18). The zero-order valence-corrected chi connectivity index (χ0v) is 11.6. The first kappa shape index (κ1) is 12.0. The SMILES string of the molecule is CC1CCNC(c2nc3cc4c(cc3[nH]2)OCCO4)C1. The number of aromatic nitrogens is 2. The number of nitrogens with zero attached hydrogens (tertiary/aromatic N) is 1. The quantitative estimate of drug-likeness (QED) is 0.837. The Labute approximate surface area is 117 Å². The normalized spacial score (nSPS) is 25.9. The van der Waals surface area contributed by atoms with Crippen LogP contribution in [0.5, 0.6) is 11.5 Å². The topological polar surface area (TPSA) is 59.2 Å². The van der Waals surface area contributed by atoms with Crippen molar-refractivity contribution in [3.05, 3.63) is 18.0 Å². The van der Waals surface area contributed by atoms with Crippen LogP contribution >= 0.6 is 0 Å². The summed E-state index contributed by atoms with van der Waals surface area (Å²) >= 11 is 0. The molecule has 2 aliphatic heterocycles. The van der Waals surface area contributed by atoms with E-state index >= 15 is 0 Å². The molecule has 0 aliphatic carbocycles. The Morgan fingerprint density at radius 1 is 1.20 bits per heavy atom. The number of ether oxygens (including phenoxy) is 2. The van der Waals surface area contributed by atoms with E-state index in [1.54, 1.807) is 0 Å². The first-order valence-corrected chi connectivity index (χ1v) is 7.32. The second-order valence-corrected chi connectivity index (χ2v) is 5.77. The minimum atomic E-state index is 0.324. The van der Waals surface area contributed by atoms with Gasteiger partial charge in [0.05, 0.1) is 17.1 Å². The van der Waals surface area contributed by atoms with E-state index < -0.39 is 0 Å². The Kier molecular flexibility index (Phi) is 2.80. The van der Waals surface area contributed by atoms with Crippen molar-refractivity contribution in [2.75, 3.05) is 19.8 Å². The maximum Gasteiger partial charge on any atom is 0.163 e. The molecule has 1 aromatic heterocycles. The van der Waals surface area contributed by atoms with Gasteiger partial charge < -0.3 is 19.8 Å². The van der Waals surface area contributed by atoms with Crippen LogP contribution in [-0.2, 0) is 0 Å². The van der Waals surface area contributed by atoms with Gasteiger partial charge >= 0.3 is 0 Å². The number of hydrogen-bond acceptors (Lipinski definition) is 4. The minimum Gasteiger partial charge on any atom is -0.486 e. The van der Waals surface area contributed by atoms with E-state index in [1.807, 2.05) is 12.1 Å². The molecule has 2 N–H and O–H groups in total. The van der Waals surface area contributed by atoms with E-state index in [0.29, 0.717) is 19.3 Å². The smallest absolute Gasteiger partial charge is 0.163 e.